The topological polar surface area (TPSA) is 205 Å². The summed E-state index contributed by atoms with van der Waals surface area (Å²) in [5.41, 5.74) is 0. The van der Waals surface area contributed by atoms with E-state index < -0.39 is 43.9 Å². The summed E-state index contributed by atoms with van der Waals surface area (Å²) in [5, 5.41) is 0. The highest BCUT2D eigenvalue weighted by Crippen LogP contribution is 2.70. The highest BCUT2D eigenvalue weighted by atomic mass is 31.3. The molecule has 118 valence electrons. The molecule has 2 rings (SSSR count). The first-order chi connectivity index (χ1) is 8.79. The molecule has 0 aromatic rings. The number of phosphoric ester groups is 4. The van der Waals surface area contributed by atoms with Crippen LogP contribution in [0.2, 0.25) is 0 Å². The number of phosphoric acid groups is 4. The van der Waals surface area contributed by atoms with Crippen LogP contribution in [0.25, 0.3) is 0 Å². The summed E-state index contributed by atoms with van der Waals surface area (Å²) in [4.78, 5) is 36.2. The predicted molar refractivity (Wildman–Crippen MR) is 53.4 cm³/mol. The van der Waals surface area contributed by atoms with E-state index in [4.69, 9.17) is 19.6 Å². The van der Waals surface area contributed by atoms with Gasteiger partial charge in [-0.05, 0) is 0 Å². The predicted octanol–water partition coefficient (Wildman–Crippen LogP) is 0.167. The maximum atomic E-state index is 11.2. The average Bonchev–Trinajstić information content (AvgIpc) is 2.19. The number of hydrogen-bond acceptors (Lipinski definition) is 10. The van der Waals surface area contributed by atoms with Crippen LogP contribution in [0.3, 0.4) is 0 Å². The van der Waals surface area contributed by atoms with Gasteiger partial charge in [-0.3, -0.25) is 18.1 Å². The second kappa shape index (κ2) is 5.02. The van der Waals surface area contributed by atoms with Gasteiger partial charge in [-0.1, -0.05) is 0 Å². The van der Waals surface area contributed by atoms with Crippen LogP contribution >= 0.6 is 31.3 Å². The van der Waals surface area contributed by atoms with E-state index in [0.717, 1.165) is 0 Å². The highest BCUT2D eigenvalue weighted by Gasteiger charge is 2.55. The molecule has 0 aliphatic carbocycles. The zero-order valence-corrected chi connectivity index (χ0v) is 12.4. The third-order valence-corrected chi connectivity index (χ3v) is 6.78. The summed E-state index contributed by atoms with van der Waals surface area (Å²) in [5.74, 6) is 0. The summed E-state index contributed by atoms with van der Waals surface area (Å²) in [6.45, 7) is 0. The Hall–Kier alpha value is 0.520. The first kappa shape index (κ1) is 16.9. The Morgan fingerprint density at radius 3 is 0.950 bits per heavy atom. The van der Waals surface area contributed by atoms with Crippen LogP contribution in [0.1, 0.15) is 0 Å². The van der Waals surface area contributed by atoms with Gasteiger partial charge in [-0.2, -0.15) is 8.62 Å². The molecule has 0 radical (unpaired) electrons. The van der Waals surface area contributed by atoms with E-state index in [2.05, 4.69) is 26.7 Å². The molecular weight excluding hydrogens is 372 g/mol. The van der Waals surface area contributed by atoms with Crippen LogP contribution in [0.5, 0.6) is 0 Å². The molecule has 0 saturated carbocycles. The molecule has 0 bridgehead atoms. The second-order valence-electron chi connectivity index (χ2n) is 3.20. The van der Waals surface area contributed by atoms with Gasteiger partial charge in [-0.25, -0.2) is 18.3 Å². The van der Waals surface area contributed by atoms with E-state index in [0.29, 0.717) is 0 Å². The Balaban J connectivity index is 2.43. The molecule has 6 atom stereocenters. The molecule has 2 saturated heterocycles. The second-order valence-corrected chi connectivity index (χ2v) is 9.09. The lowest BCUT2D eigenvalue weighted by atomic mass is 10.6. The Kier molecular flexibility index (Phi) is 4.24. The maximum absolute atomic E-state index is 11.2. The van der Waals surface area contributed by atoms with E-state index in [1.54, 1.807) is 0 Å². The van der Waals surface area contributed by atoms with Gasteiger partial charge in [0.05, 0.1) is 0 Å². The van der Waals surface area contributed by atoms with Crippen LogP contribution in [0.15, 0.2) is 0 Å². The first-order valence-electron chi connectivity index (χ1n) is 4.27. The molecule has 2 fully saturated rings. The van der Waals surface area contributed by atoms with Crippen LogP contribution in [0.4, 0.5) is 0 Å². The minimum absolute atomic E-state index is 2.44. The summed E-state index contributed by atoms with van der Waals surface area (Å²) < 4.78 is 68.6. The minimum Gasteiger partial charge on any atom is -0.302 e. The van der Waals surface area contributed by atoms with Gasteiger partial charge < -0.3 is 19.6 Å². The Morgan fingerprint density at radius 2 is 0.750 bits per heavy atom. The summed E-state index contributed by atoms with van der Waals surface area (Å²) in [7, 11) is -21.0. The van der Waals surface area contributed by atoms with Crippen LogP contribution in [-0.4, -0.2) is 32.2 Å². The standard InChI is InChI=1S/C2H6O14P4/c3-17(4)11-1-2(13-19(7,8)15-17)14-20(9,10)16-18(5,6)12-1/h1-2H,(H,3,4)(H,5,6)(H,7,8)(H,9,10)/t1-,2-. The fraction of sp³-hybridized carbons (Fsp3) is 1.00. The van der Waals surface area contributed by atoms with Crippen molar-refractivity contribution in [3.05, 3.63) is 0 Å². The number of rotatable bonds is 0. The Bertz CT molecular complexity index is 492. The lowest BCUT2D eigenvalue weighted by Gasteiger charge is -2.19. The van der Waals surface area contributed by atoms with Gasteiger partial charge in [0.1, 0.15) is 0 Å². The lowest BCUT2D eigenvalue weighted by molar-refractivity contribution is -0.156. The quantitative estimate of drug-likeness (QED) is 0.415. The van der Waals surface area contributed by atoms with Gasteiger partial charge in [0.2, 0.25) is 12.6 Å². The molecule has 0 amide bonds. The van der Waals surface area contributed by atoms with Crippen molar-refractivity contribution in [1.29, 1.82) is 0 Å². The van der Waals surface area contributed by atoms with Gasteiger partial charge in [0.15, 0.2) is 0 Å². The van der Waals surface area contributed by atoms with Gasteiger partial charge >= 0.3 is 31.3 Å². The van der Waals surface area contributed by atoms with Crippen molar-refractivity contribution in [2.75, 3.05) is 0 Å². The van der Waals surface area contributed by atoms with Crippen LogP contribution in [-0.2, 0) is 45.0 Å². The molecule has 0 spiro atoms. The smallest absolute Gasteiger partial charge is 0.302 e. The number of fused-ring (bicyclic) bond motifs is 1. The molecule has 2 heterocycles. The van der Waals surface area contributed by atoms with Crippen molar-refractivity contribution in [3.63, 3.8) is 0 Å². The minimum atomic E-state index is -5.26. The van der Waals surface area contributed by atoms with E-state index >= 15 is 0 Å². The fourth-order valence-electron chi connectivity index (χ4n) is 1.10. The van der Waals surface area contributed by atoms with E-state index in [1.807, 2.05) is 0 Å². The fourth-order valence-corrected chi connectivity index (χ4v) is 5.56. The first-order valence-corrected chi connectivity index (χ1v) is 10.2. The van der Waals surface area contributed by atoms with Crippen molar-refractivity contribution in [2.24, 2.45) is 0 Å². The zero-order valence-electron chi connectivity index (χ0n) is 8.81. The largest absolute Gasteiger partial charge is 0.483 e. The van der Waals surface area contributed by atoms with Crippen molar-refractivity contribution >= 4 is 31.3 Å². The van der Waals surface area contributed by atoms with Gasteiger partial charge in [0.25, 0.3) is 0 Å². The molecule has 14 nitrogen and oxygen atoms in total. The van der Waals surface area contributed by atoms with Crippen molar-refractivity contribution in [2.45, 2.75) is 12.6 Å². The normalized spacial score (nSPS) is 57.4. The molecule has 20 heavy (non-hydrogen) atoms. The molecule has 2 aliphatic heterocycles. The molecule has 0 aromatic heterocycles. The average molecular weight is 378 g/mol. The highest BCUT2D eigenvalue weighted by molar-refractivity contribution is 7.62. The molecule has 4 N–H and O–H groups in total. The molecule has 0 aromatic carbocycles. The molecule has 18 heteroatoms. The molecule has 2 aliphatic rings. The van der Waals surface area contributed by atoms with E-state index in [9.17, 15) is 18.3 Å². The third-order valence-electron chi connectivity index (χ3n) is 1.58. The third kappa shape index (κ3) is 4.26. The molecule has 2 unspecified atom stereocenters. The summed E-state index contributed by atoms with van der Waals surface area (Å²) >= 11 is 0. The van der Waals surface area contributed by atoms with E-state index in [1.165, 1.54) is 0 Å². The summed E-state index contributed by atoms with van der Waals surface area (Å²) in [6.07, 6.45) is -4.87. The van der Waals surface area contributed by atoms with Crippen molar-refractivity contribution < 1.29 is 64.6 Å². The Labute approximate surface area is 109 Å². The molecular formula is C2H6O14P4. The Morgan fingerprint density at radius 1 is 0.550 bits per heavy atom. The SMILES string of the molecule is O=P1(O)O[C@H]2O[P@](=O)(O)O[P@](=O)(O)O[C@@H]2OP(=O)(O)O1. The van der Waals surface area contributed by atoms with Gasteiger partial charge in [-0.15, -0.1) is 0 Å². The van der Waals surface area contributed by atoms with Crippen LogP contribution in [0, 0.1) is 0 Å². The maximum Gasteiger partial charge on any atom is 0.483 e. The van der Waals surface area contributed by atoms with Crippen molar-refractivity contribution in [1.82, 2.24) is 0 Å². The van der Waals surface area contributed by atoms with Crippen molar-refractivity contribution in [3.8, 4) is 0 Å². The van der Waals surface area contributed by atoms with E-state index in [-0.39, 0.29) is 0 Å². The monoisotopic (exact) mass is 378 g/mol. The zero-order chi connectivity index (χ0) is 15.4. The lowest BCUT2D eigenvalue weighted by Crippen LogP contribution is -2.30. The van der Waals surface area contributed by atoms with Gasteiger partial charge in [0, 0.05) is 0 Å². The number of hydrogen-bond donors (Lipinski definition) is 4. The van der Waals surface area contributed by atoms with Crippen LogP contribution < -0.4 is 0 Å². The summed E-state index contributed by atoms with van der Waals surface area (Å²) in [6, 6.07) is 0.